The Morgan fingerprint density at radius 1 is 1.42 bits per heavy atom. The highest BCUT2D eigenvalue weighted by Gasteiger charge is 2.51. The lowest BCUT2D eigenvalue weighted by Gasteiger charge is -2.27. The van der Waals surface area contributed by atoms with Crippen molar-refractivity contribution in [2.45, 2.75) is 19.3 Å². The van der Waals surface area contributed by atoms with E-state index in [1.165, 1.54) is 12.1 Å². The summed E-state index contributed by atoms with van der Waals surface area (Å²) in [6, 6.07) is 3.88. The third kappa shape index (κ3) is 3.65. The summed E-state index contributed by atoms with van der Waals surface area (Å²) >= 11 is 0. The minimum Gasteiger partial charge on any atom is -0.325 e. The van der Waals surface area contributed by atoms with Gasteiger partial charge < -0.3 is 10.6 Å². The van der Waals surface area contributed by atoms with E-state index in [0.717, 1.165) is 38.1 Å². The van der Waals surface area contributed by atoms with Crippen LogP contribution in [0.1, 0.15) is 19.3 Å². The first kappa shape index (κ1) is 19.0. The number of benzene rings is 1. The van der Waals surface area contributed by atoms with Crippen LogP contribution in [0.15, 0.2) is 18.2 Å². The summed E-state index contributed by atoms with van der Waals surface area (Å²) in [6.07, 6.45) is 3.85. The molecule has 2 aliphatic rings. The van der Waals surface area contributed by atoms with Crippen LogP contribution in [0.5, 0.6) is 0 Å². The van der Waals surface area contributed by atoms with Crippen LogP contribution in [0, 0.1) is 17.2 Å². The first-order chi connectivity index (χ1) is 10.8. The van der Waals surface area contributed by atoms with Gasteiger partial charge in [-0.1, -0.05) is 6.42 Å². The van der Waals surface area contributed by atoms with Gasteiger partial charge in [-0.25, -0.2) is 12.8 Å². The number of sulfonamides is 1. The van der Waals surface area contributed by atoms with E-state index in [2.05, 4.69) is 15.4 Å². The highest BCUT2D eigenvalue weighted by atomic mass is 35.5. The molecule has 3 rings (SSSR count). The number of anilines is 2. The third-order valence-corrected chi connectivity index (χ3v) is 5.35. The highest BCUT2D eigenvalue weighted by Crippen LogP contribution is 2.46. The molecule has 24 heavy (non-hydrogen) atoms. The molecule has 1 aromatic carbocycles. The maximum absolute atomic E-state index is 13.7. The van der Waals surface area contributed by atoms with Crippen LogP contribution in [0.4, 0.5) is 15.8 Å². The van der Waals surface area contributed by atoms with E-state index in [1.54, 1.807) is 0 Å². The lowest BCUT2D eigenvalue weighted by atomic mass is 9.80. The monoisotopic (exact) mass is 377 g/mol. The second-order valence-electron chi connectivity index (χ2n) is 6.40. The van der Waals surface area contributed by atoms with Gasteiger partial charge in [0.05, 0.1) is 17.4 Å². The number of hydrogen-bond donors (Lipinski definition) is 3. The molecule has 1 saturated heterocycles. The molecule has 9 heteroatoms. The number of halogens is 2. The number of rotatable bonds is 4. The van der Waals surface area contributed by atoms with Crippen molar-refractivity contribution < 1.29 is 17.6 Å². The van der Waals surface area contributed by atoms with E-state index in [1.807, 2.05) is 0 Å². The molecule has 3 N–H and O–H groups in total. The summed E-state index contributed by atoms with van der Waals surface area (Å²) in [5.41, 5.74) is -0.191. The zero-order valence-corrected chi connectivity index (χ0v) is 14.9. The maximum atomic E-state index is 13.7. The average molecular weight is 378 g/mol. The SMILES string of the molecule is CS(=O)(=O)Nc1cc(NC(=O)[C@@]23CCC[C@@H]2CNC3)ccc1F.Cl. The Labute approximate surface area is 147 Å². The van der Waals surface area contributed by atoms with Gasteiger partial charge in [-0.3, -0.25) is 9.52 Å². The van der Waals surface area contributed by atoms with E-state index in [4.69, 9.17) is 0 Å². The van der Waals surface area contributed by atoms with Gasteiger partial charge >= 0.3 is 0 Å². The maximum Gasteiger partial charge on any atom is 0.232 e. The normalized spacial score (nSPS) is 25.7. The molecular formula is C15H21ClFN3O3S. The summed E-state index contributed by atoms with van der Waals surface area (Å²) in [4.78, 5) is 12.7. The fraction of sp³-hybridized carbons (Fsp3) is 0.533. The summed E-state index contributed by atoms with van der Waals surface area (Å²) in [5.74, 6) is -0.439. The molecule has 0 aromatic heterocycles. The number of hydrogen-bond acceptors (Lipinski definition) is 4. The van der Waals surface area contributed by atoms with Crippen molar-refractivity contribution in [2.75, 3.05) is 29.4 Å². The van der Waals surface area contributed by atoms with Crippen molar-refractivity contribution in [3.63, 3.8) is 0 Å². The molecule has 0 unspecified atom stereocenters. The van der Waals surface area contributed by atoms with Gasteiger partial charge in [0.25, 0.3) is 0 Å². The molecule has 2 atom stereocenters. The highest BCUT2D eigenvalue weighted by molar-refractivity contribution is 7.92. The molecule has 1 saturated carbocycles. The molecule has 1 heterocycles. The second-order valence-corrected chi connectivity index (χ2v) is 8.15. The molecule has 1 amide bonds. The fourth-order valence-corrected chi connectivity index (χ4v) is 4.22. The van der Waals surface area contributed by atoms with Crippen LogP contribution in [-0.4, -0.2) is 33.7 Å². The molecule has 1 aliphatic carbocycles. The largest absolute Gasteiger partial charge is 0.325 e. The van der Waals surface area contributed by atoms with Crippen LogP contribution in [-0.2, 0) is 14.8 Å². The minimum absolute atomic E-state index is 0. The van der Waals surface area contributed by atoms with Gasteiger partial charge in [0, 0.05) is 12.2 Å². The molecule has 1 aliphatic heterocycles. The van der Waals surface area contributed by atoms with Crippen LogP contribution in [0.3, 0.4) is 0 Å². The standard InChI is InChI=1S/C15H20FN3O3S.ClH/c1-23(21,22)19-13-7-11(4-5-12(13)16)18-14(20)15-6-2-3-10(15)8-17-9-15;/h4-5,7,10,17,19H,2-3,6,8-9H2,1H3,(H,18,20);1H/t10-,15-;/m1./s1. The second kappa shape index (κ2) is 6.85. The smallest absolute Gasteiger partial charge is 0.232 e. The van der Waals surface area contributed by atoms with E-state index < -0.39 is 21.3 Å². The van der Waals surface area contributed by atoms with Crippen molar-refractivity contribution in [3.8, 4) is 0 Å². The Morgan fingerprint density at radius 2 is 2.17 bits per heavy atom. The van der Waals surface area contributed by atoms with Crippen molar-refractivity contribution in [3.05, 3.63) is 24.0 Å². The van der Waals surface area contributed by atoms with E-state index in [0.29, 0.717) is 18.2 Å². The molecule has 0 radical (unpaired) electrons. The van der Waals surface area contributed by atoms with Gasteiger partial charge in [-0.05, 0) is 43.5 Å². The Balaban J connectivity index is 0.00000208. The number of amides is 1. The number of fused-ring (bicyclic) bond motifs is 1. The molecule has 0 spiro atoms. The van der Waals surface area contributed by atoms with Crippen molar-refractivity contribution in [2.24, 2.45) is 11.3 Å². The van der Waals surface area contributed by atoms with Gasteiger partial charge in [0.1, 0.15) is 5.82 Å². The zero-order valence-electron chi connectivity index (χ0n) is 13.3. The number of nitrogens with one attached hydrogen (secondary N) is 3. The summed E-state index contributed by atoms with van der Waals surface area (Å²) < 4.78 is 38.4. The molecule has 0 bridgehead atoms. The van der Waals surface area contributed by atoms with Crippen LogP contribution >= 0.6 is 12.4 Å². The molecule has 2 fully saturated rings. The summed E-state index contributed by atoms with van der Waals surface area (Å²) in [5, 5.41) is 6.09. The lowest BCUT2D eigenvalue weighted by molar-refractivity contribution is -0.125. The summed E-state index contributed by atoms with van der Waals surface area (Å²) in [7, 11) is -3.59. The molecule has 134 valence electrons. The topological polar surface area (TPSA) is 87.3 Å². The third-order valence-electron chi connectivity index (χ3n) is 4.76. The fourth-order valence-electron chi connectivity index (χ4n) is 3.66. The quantitative estimate of drug-likeness (QED) is 0.748. The van der Waals surface area contributed by atoms with E-state index >= 15 is 0 Å². The first-order valence-corrected chi connectivity index (χ1v) is 9.49. The van der Waals surface area contributed by atoms with Gasteiger partial charge in [0.15, 0.2) is 0 Å². The Bertz CT molecular complexity index is 731. The number of carbonyl (C=O) groups is 1. The van der Waals surface area contributed by atoms with Gasteiger partial charge in [-0.2, -0.15) is 0 Å². The number of carbonyl (C=O) groups excluding carboxylic acids is 1. The van der Waals surface area contributed by atoms with Gasteiger partial charge in [0.2, 0.25) is 15.9 Å². The van der Waals surface area contributed by atoms with Crippen LogP contribution < -0.4 is 15.4 Å². The predicted octanol–water partition coefficient (Wildman–Crippen LogP) is 1.95. The van der Waals surface area contributed by atoms with Crippen molar-refractivity contribution in [1.29, 1.82) is 0 Å². The van der Waals surface area contributed by atoms with Gasteiger partial charge in [-0.15, -0.1) is 12.4 Å². The van der Waals surface area contributed by atoms with Crippen LogP contribution in [0.25, 0.3) is 0 Å². The Kier molecular flexibility index (Phi) is 5.41. The molecular weight excluding hydrogens is 357 g/mol. The van der Waals surface area contributed by atoms with Crippen molar-refractivity contribution >= 4 is 39.7 Å². The Hall–Kier alpha value is -1.38. The summed E-state index contributed by atoms with van der Waals surface area (Å²) in [6.45, 7) is 1.50. The van der Waals surface area contributed by atoms with E-state index in [-0.39, 0.29) is 24.0 Å². The zero-order chi connectivity index (χ0) is 16.7. The molecule has 6 nitrogen and oxygen atoms in total. The van der Waals surface area contributed by atoms with Crippen LogP contribution in [0.2, 0.25) is 0 Å². The predicted molar refractivity (Wildman–Crippen MR) is 93.4 cm³/mol. The average Bonchev–Trinajstić information content (AvgIpc) is 3.01. The minimum atomic E-state index is -3.59. The lowest BCUT2D eigenvalue weighted by Crippen LogP contribution is -2.39. The first-order valence-electron chi connectivity index (χ1n) is 7.60. The Morgan fingerprint density at radius 3 is 2.88 bits per heavy atom. The van der Waals surface area contributed by atoms with E-state index in [9.17, 15) is 17.6 Å². The van der Waals surface area contributed by atoms with Crippen molar-refractivity contribution in [1.82, 2.24) is 5.32 Å². The molecule has 1 aromatic rings.